The van der Waals surface area contributed by atoms with Gasteiger partial charge in [0.05, 0.1) is 7.11 Å². The van der Waals surface area contributed by atoms with Crippen LogP contribution in [-0.4, -0.2) is 34.4 Å². The molecule has 1 aromatic carbocycles. The second kappa shape index (κ2) is 5.05. The fraction of sp³-hybridized carbons (Fsp3) is 0.333. The van der Waals surface area contributed by atoms with Crippen LogP contribution in [0.5, 0.6) is 5.75 Å². The van der Waals surface area contributed by atoms with Crippen molar-refractivity contribution in [3.05, 3.63) is 24.1 Å². The Labute approximate surface area is 103 Å². The monoisotopic (exact) mass is 251 g/mol. The van der Waals surface area contributed by atoms with Crippen molar-refractivity contribution in [3.8, 4) is 5.75 Å². The Bertz CT molecular complexity index is 563. The van der Waals surface area contributed by atoms with Crippen LogP contribution < -0.4 is 4.74 Å². The number of aryl methyl sites for hydroxylation is 1. The molecule has 2 rings (SSSR count). The van der Waals surface area contributed by atoms with Gasteiger partial charge >= 0.3 is 5.97 Å². The van der Waals surface area contributed by atoms with E-state index in [4.69, 9.17) is 19.4 Å². The molecule has 0 amide bonds. The zero-order valence-corrected chi connectivity index (χ0v) is 9.79. The highest BCUT2D eigenvalue weighted by atomic mass is 16.5. The number of methoxy groups -OCH3 is 1. The molecular weight excluding hydrogens is 238 g/mol. The lowest BCUT2D eigenvalue weighted by atomic mass is 10.2. The van der Waals surface area contributed by atoms with Gasteiger partial charge in [-0.05, 0) is 18.6 Å². The van der Waals surface area contributed by atoms with E-state index in [-0.39, 0.29) is 12.8 Å². The number of ether oxygens (including phenoxy) is 1. The maximum Gasteiger partial charge on any atom is 0.332 e. The summed E-state index contributed by atoms with van der Waals surface area (Å²) in [4.78, 5) is 14.7. The molecule has 18 heavy (non-hydrogen) atoms. The van der Waals surface area contributed by atoms with E-state index >= 15 is 0 Å². The van der Waals surface area contributed by atoms with Crippen LogP contribution in [0.4, 0.5) is 0 Å². The summed E-state index contributed by atoms with van der Waals surface area (Å²) < 4.78 is 10.6. The highest BCUT2D eigenvalue weighted by Crippen LogP contribution is 2.26. The largest absolute Gasteiger partial charge is 0.493 e. The molecule has 1 unspecified atom stereocenters. The molecule has 0 fully saturated rings. The van der Waals surface area contributed by atoms with E-state index in [1.165, 1.54) is 7.11 Å². The summed E-state index contributed by atoms with van der Waals surface area (Å²) in [5, 5.41) is 17.7. The fourth-order valence-corrected chi connectivity index (χ4v) is 1.62. The van der Waals surface area contributed by atoms with Gasteiger partial charge < -0.3 is 19.4 Å². The topological polar surface area (TPSA) is 92.8 Å². The number of carboxylic acids is 1. The smallest absolute Gasteiger partial charge is 0.332 e. The molecule has 1 heterocycles. The minimum absolute atomic E-state index is 0.0600. The Morgan fingerprint density at radius 3 is 3.00 bits per heavy atom. The summed E-state index contributed by atoms with van der Waals surface area (Å²) in [6.07, 6.45) is -1.09. The average molecular weight is 251 g/mol. The highest BCUT2D eigenvalue weighted by molar-refractivity contribution is 5.79. The van der Waals surface area contributed by atoms with Crippen molar-refractivity contribution in [2.75, 3.05) is 7.11 Å². The maximum atomic E-state index is 10.5. The van der Waals surface area contributed by atoms with Gasteiger partial charge in [0.2, 0.25) is 0 Å². The van der Waals surface area contributed by atoms with Crippen LogP contribution in [0, 0.1) is 0 Å². The Balaban J connectivity index is 2.18. The predicted octanol–water partition coefficient (Wildman–Crippen LogP) is 1.21. The van der Waals surface area contributed by atoms with E-state index in [1.807, 2.05) is 0 Å². The Hall–Kier alpha value is -2.08. The van der Waals surface area contributed by atoms with Crippen molar-refractivity contribution in [2.24, 2.45) is 0 Å². The Morgan fingerprint density at radius 2 is 2.33 bits per heavy atom. The van der Waals surface area contributed by atoms with Crippen LogP contribution in [0.1, 0.15) is 12.3 Å². The van der Waals surface area contributed by atoms with E-state index in [1.54, 1.807) is 18.2 Å². The van der Waals surface area contributed by atoms with Crippen LogP contribution in [0.2, 0.25) is 0 Å². The number of hydrogen-bond donors (Lipinski definition) is 2. The zero-order chi connectivity index (χ0) is 13.1. The van der Waals surface area contributed by atoms with Crippen molar-refractivity contribution >= 4 is 17.1 Å². The molecular formula is C12H13NO5. The van der Waals surface area contributed by atoms with E-state index in [9.17, 15) is 4.79 Å². The summed E-state index contributed by atoms with van der Waals surface area (Å²) >= 11 is 0. The summed E-state index contributed by atoms with van der Waals surface area (Å²) in [6.45, 7) is 0. The van der Waals surface area contributed by atoms with Crippen LogP contribution in [0.15, 0.2) is 22.6 Å². The van der Waals surface area contributed by atoms with Gasteiger partial charge in [0.1, 0.15) is 5.52 Å². The molecule has 96 valence electrons. The molecule has 6 nitrogen and oxygen atoms in total. The zero-order valence-electron chi connectivity index (χ0n) is 9.79. The maximum absolute atomic E-state index is 10.5. The first-order valence-electron chi connectivity index (χ1n) is 5.45. The molecule has 0 saturated carbocycles. The molecule has 0 aliphatic heterocycles. The quantitative estimate of drug-likeness (QED) is 0.829. The molecule has 0 aliphatic rings. The minimum Gasteiger partial charge on any atom is -0.493 e. The summed E-state index contributed by atoms with van der Waals surface area (Å²) in [5.41, 5.74) is 1.17. The molecule has 2 aromatic rings. The number of hydrogen-bond acceptors (Lipinski definition) is 5. The van der Waals surface area contributed by atoms with Crippen molar-refractivity contribution < 1.29 is 24.2 Å². The van der Waals surface area contributed by atoms with Crippen molar-refractivity contribution in [2.45, 2.75) is 18.9 Å². The van der Waals surface area contributed by atoms with Gasteiger partial charge in [0, 0.05) is 6.42 Å². The lowest BCUT2D eigenvalue weighted by molar-refractivity contribution is -0.146. The molecule has 6 heteroatoms. The van der Waals surface area contributed by atoms with Crippen molar-refractivity contribution in [3.63, 3.8) is 0 Å². The molecule has 0 saturated heterocycles. The number of nitrogens with zero attached hydrogens (tertiary/aromatic N) is 1. The standard InChI is InChI=1S/C12H13NO5/c1-17-9-4-2-3-7-11(9)18-10(13-7)6-5-8(14)12(15)16/h2-4,8,14H,5-6H2,1H3,(H,15,16). The highest BCUT2D eigenvalue weighted by Gasteiger charge is 2.16. The van der Waals surface area contributed by atoms with Gasteiger partial charge in [-0.1, -0.05) is 6.07 Å². The van der Waals surface area contributed by atoms with E-state index in [0.29, 0.717) is 22.7 Å². The normalized spacial score (nSPS) is 12.6. The number of aliphatic hydroxyl groups is 1. The molecule has 0 radical (unpaired) electrons. The van der Waals surface area contributed by atoms with Gasteiger partial charge in [0.15, 0.2) is 23.3 Å². The summed E-state index contributed by atoms with van der Waals surface area (Å²) in [5.74, 6) is -0.288. The number of oxazole rings is 1. The third kappa shape index (κ3) is 2.43. The van der Waals surface area contributed by atoms with Gasteiger partial charge in [-0.15, -0.1) is 0 Å². The van der Waals surface area contributed by atoms with Crippen LogP contribution >= 0.6 is 0 Å². The van der Waals surface area contributed by atoms with Crippen LogP contribution in [0.3, 0.4) is 0 Å². The average Bonchev–Trinajstić information content (AvgIpc) is 2.78. The summed E-state index contributed by atoms with van der Waals surface area (Å²) in [7, 11) is 1.53. The van der Waals surface area contributed by atoms with Gasteiger partial charge in [-0.25, -0.2) is 9.78 Å². The van der Waals surface area contributed by atoms with Crippen molar-refractivity contribution in [1.82, 2.24) is 4.98 Å². The number of fused-ring (bicyclic) bond motifs is 1. The molecule has 0 spiro atoms. The molecule has 0 aliphatic carbocycles. The summed E-state index contributed by atoms with van der Waals surface area (Å²) in [6, 6.07) is 5.32. The first-order valence-corrected chi connectivity index (χ1v) is 5.45. The number of aliphatic hydroxyl groups excluding tert-OH is 1. The van der Waals surface area contributed by atoms with Crippen LogP contribution in [-0.2, 0) is 11.2 Å². The number of carboxylic acid groups (broad SMARTS) is 1. The Morgan fingerprint density at radius 1 is 1.56 bits per heavy atom. The number of aromatic nitrogens is 1. The fourth-order valence-electron chi connectivity index (χ4n) is 1.62. The van der Waals surface area contributed by atoms with Gasteiger partial charge in [-0.3, -0.25) is 0 Å². The van der Waals surface area contributed by atoms with Gasteiger partial charge in [0.25, 0.3) is 0 Å². The second-order valence-corrected chi connectivity index (χ2v) is 3.81. The number of para-hydroxylation sites is 1. The van der Waals surface area contributed by atoms with E-state index in [2.05, 4.69) is 4.98 Å². The lowest BCUT2D eigenvalue weighted by Crippen LogP contribution is -2.19. The minimum atomic E-state index is -1.40. The van der Waals surface area contributed by atoms with Crippen LogP contribution in [0.25, 0.3) is 11.1 Å². The third-order valence-electron chi connectivity index (χ3n) is 2.56. The number of benzene rings is 1. The third-order valence-corrected chi connectivity index (χ3v) is 2.56. The number of carbonyl (C=O) groups is 1. The predicted molar refractivity (Wildman–Crippen MR) is 62.5 cm³/mol. The van der Waals surface area contributed by atoms with Gasteiger partial charge in [-0.2, -0.15) is 0 Å². The molecule has 2 N–H and O–H groups in total. The number of aliphatic carboxylic acids is 1. The second-order valence-electron chi connectivity index (χ2n) is 3.81. The Kier molecular flexibility index (Phi) is 3.47. The lowest BCUT2D eigenvalue weighted by Gasteiger charge is -2.01. The van der Waals surface area contributed by atoms with E-state index < -0.39 is 12.1 Å². The first-order chi connectivity index (χ1) is 8.61. The van der Waals surface area contributed by atoms with Crippen molar-refractivity contribution in [1.29, 1.82) is 0 Å². The number of rotatable bonds is 5. The van der Waals surface area contributed by atoms with E-state index in [0.717, 1.165) is 0 Å². The molecule has 1 atom stereocenters. The first kappa shape index (κ1) is 12.4. The molecule has 0 bridgehead atoms. The molecule has 1 aromatic heterocycles. The SMILES string of the molecule is COc1cccc2nc(CCC(O)C(=O)O)oc12.